The predicted molar refractivity (Wildman–Crippen MR) is 84.3 cm³/mol. The number of carbonyl (C=O) groups is 1. The third kappa shape index (κ3) is 3.76. The van der Waals surface area contributed by atoms with E-state index in [1.165, 1.54) is 5.56 Å². The first-order valence-corrected chi connectivity index (χ1v) is 8.09. The zero-order valence-electron chi connectivity index (χ0n) is 12.2. The molecule has 2 fully saturated rings. The molecule has 2 aliphatic rings. The van der Waals surface area contributed by atoms with Gasteiger partial charge in [-0.1, -0.05) is 23.7 Å². The van der Waals surface area contributed by atoms with Crippen LogP contribution in [0.25, 0.3) is 0 Å². The van der Waals surface area contributed by atoms with Crippen molar-refractivity contribution >= 4 is 17.5 Å². The molecule has 0 aromatic heterocycles. The minimum Gasteiger partial charge on any atom is -0.339 e. The molecule has 0 aliphatic carbocycles. The Kier molecular flexibility index (Phi) is 4.78. The SMILES string of the molecule is O=C(C1CCCN1)N1CCN(Cc2cccc(Cl)c2)CC1. The molecule has 0 saturated carbocycles. The number of nitrogens with zero attached hydrogens (tertiary/aromatic N) is 2. The van der Waals surface area contributed by atoms with Gasteiger partial charge in [0.05, 0.1) is 6.04 Å². The normalized spacial score (nSPS) is 23.5. The van der Waals surface area contributed by atoms with E-state index in [1.807, 2.05) is 23.1 Å². The van der Waals surface area contributed by atoms with Gasteiger partial charge in [0.15, 0.2) is 0 Å². The Bertz CT molecular complexity index is 494. The Balaban J connectivity index is 1.49. The summed E-state index contributed by atoms with van der Waals surface area (Å²) < 4.78 is 0. The zero-order valence-corrected chi connectivity index (χ0v) is 13.0. The predicted octanol–water partition coefficient (Wildman–Crippen LogP) is 1.74. The molecular weight excluding hydrogens is 286 g/mol. The Hall–Kier alpha value is -1.10. The van der Waals surface area contributed by atoms with Crippen LogP contribution in [0.1, 0.15) is 18.4 Å². The van der Waals surface area contributed by atoms with E-state index in [-0.39, 0.29) is 11.9 Å². The highest BCUT2D eigenvalue weighted by molar-refractivity contribution is 6.30. The molecule has 1 atom stereocenters. The van der Waals surface area contributed by atoms with Crippen LogP contribution in [-0.2, 0) is 11.3 Å². The van der Waals surface area contributed by atoms with Crippen LogP contribution in [0.2, 0.25) is 5.02 Å². The van der Waals surface area contributed by atoms with Crippen molar-refractivity contribution in [3.63, 3.8) is 0 Å². The fraction of sp³-hybridized carbons (Fsp3) is 0.562. The molecule has 0 bridgehead atoms. The summed E-state index contributed by atoms with van der Waals surface area (Å²) in [6.45, 7) is 5.42. The average molecular weight is 308 g/mol. The largest absolute Gasteiger partial charge is 0.339 e. The molecule has 0 radical (unpaired) electrons. The average Bonchev–Trinajstić information content (AvgIpc) is 3.01. The molecule has 3 rings (SSSR count). The second kappa shape index (κ2) is 6.77. The highest BCUT2D eigenvalue weighted by Crippen LogP contribution is 2.15. The summed E-state index contributed by atoms with van der Waals surface area (Å²) in [5.74, 6) is 0.287. The zero-order chi connectivity index (χ0) is 14.7. The molecule has 0 spiro atoms. The fourth-order valence-electron chi connectivity index (χ4n) is 3.14. The molecule has 1 N–H and O–H groups in total. The number of hydrogen-bond acceptors (Lipinski definition) is 3. The van der Waals surface area contributed by atoms with Crippen LogP contribution in [-0.4, -0.2) is 54.5 Å². The number of benzene rings is 1. The molecule has 4 nitrogen and oxygen atoms in total. The van der Waals surface area contributed by atoms with E-state index in [9.17, 15) is 4.79 Å². The van der Waals surface area contributed by atoms with Crippen molar-refractivity contribution in [1.82, 2.24) is 15.1 Å². The van der Waals surface area contributed by atoms with Gasteiger partial charge >= 0.3 is 0 Å². The number of piperazine rings is 1. The van der Waals surface area contributed by atoms with E-state index < -0.39 is 0 Å². The van der Waals surface area contributed by atoms with Gasteiger partial charge in [0.1, 0.15) is 0 Å². The van der Waals surface area contributed by atoms with E-state index in [0.717, 1.165) is 57.1 Å². The minimum absolute atomic E-state index is 0.0597. The number of nitrogens with one attached hydrogen (secondary N) is 1. The Morgan fingerprint density at radius 3 is 2.76 bits per heavy atom. The number of amides is 1. The van der Waals surface area contributed by atoms with Crippen molar-refractivity contribution < 1.29 is 4.79 Å². The highest BCUT2D eigenvalue weighted by Gasteiger charge is 2.29. The van der Waals surface area contributed by atoms with Crippen LogP contribution in [0.4, 0.5) is 0 Å². The Labute approximate surface area is 131 Å². The lowest BCUT2D eigenvalue weighted by molar-refractivity contribution is -0.134. The van der Waals surface area contributed by atoms with Crippen molar-refractivity contribution in [2.75, 3.05) is 32.7 Å². The van der Waals surface area contributed by atoms with Crippen LogP contribution in [0.3, 0.4) is 0 Å². The van der Waals surface area contributed by atoms with Gasteiger partial charge in [-0.2, -0.15) is 0 Å². The third-order valence-electron chi connectivity index (χ3n) is 4.34. The fourth-order valence-corrected chi connectivity index (χ4v) is 3.35. The molecule has 5 heteroatoms. The summed E-state index contributed by atoms with van der Waals surface area (Å²) in [4.78, 5) is 16.7. The van der Waals surface area contributed by atoms with E-state index in [2.05, 4.69) is 16.3 Å². The van der Waals surface area contributed by atoms with E-state index >= 15 is 0 Å². The topological polar surface area (TPSA) is 35.6 Å². The lowest BCUT2D eigenvalue weighted by atomic mass is 10.1. The van der Waals surface area contributed by atoms with Gasteiger partial charge in [0.25, 0.3) is 0 Å². The van der Waals surface area contributed by atoms with Crippen molar-refractivity contribution in [2.24, 2.45) is 0 Å². The van der Waals surface area contributed by atoms with E-state index in [0.29, 0.717) is 0 Å². The number of carbonyl (C=O) groups excluding carboxylic acids is 1. The molecule has 21 heavy (non-hydrogen) atoms. The molecule has 1 unspecified atom stereocenters. The third-order valence-corrected chi connectivity index (χ3v) is 4.57. The first kappa shape index (κ1) is 14.8. The van der Waals surface area contributed by atoms with Crippen molar-refractivity contribution in [2.45, 2.75) is 25.4 Å². The molecule has 2 aliphatic heterocycles. The molecular formula is C16H22ClN3O. The summed E-state index contributed by atoms with van der Waals surface area (Å²) in [6.07, 6.45) is 2.10. The van der Waals surface area contributed by atoms with E-state index in [4.69, 9.17) is 11.6 Å². The van der Waals surface area contributed by atoms with Crippen molar-refractivity contribution in [3.05, 3.63) is 34.9 Å². The first-order valence-electron chi connectivity index (χ1n) is 7.71. The summed E-state index contributed by atoms with van der Waals surface area (Å²) >= 11 is 6.02. The monoisotopic (exact) mass is 307 g/mol. The molecule has 2 heterocycles. The second-order valence-corrected chi connectivity index (χ2v) is 6.32. The maximum absolute atomic E-state index is 12.3. The van der Waals surface area contributed by atoms with Gasteiger partial charge in [0, 0.05) is 37.7 Å². The van der Waals surface area contributed by atoms with Gasteiger partial charge in [-0.3, -0.25) is 9.69 Å². The van der Waals surface area contributed by atoms with Crippen molar-refractivity contribution in [3.8, 4) is 0 Å². The summed E-state index contributed by atoms with van der Waals surface area (Å²) in [7, 11) is 0. The standard InChI is InChI=1S/C16H22ClN3O/c17-14-4-1-3-13(11-14)12-19-7-9-20(10-8-19)16(21)15-5-2-6-18-15/h1,3-4,11,15,18H,2,5-10,12H2. The lowest BCUT2D eigenvalue weighted by Gasteiger charge is -2.36. The molecule has 1 aromatic rings. The maximum Gasteiger partial charge on any atom is 0.239 e. The number of rotatable bonds is 3. The van der Waals surface area contributed by atoms with Crippen LogP contribution >= 0.6 is 11.6 Å². The summed E-state index contributed by atoms with van der Waals surface area (Å²) in [6, 6.07) is 8.07. The van der Waals surface area contributed by atoms with Gasteiger partial charge in [-0.05, 0) is 37.1 Å². The number of halogens is 1. The molecule has 1 amide bonds. The molecule has 1 aromatic carbocycles. The van der Waals surface area contributed by atoms with Gasteiger partial charge in [0.2, 0.25) is 5.91 Å². The Morgan fingerprint density at radius 1 is 1.29 bits per heavy atom. The quantitative estimate of drug-likeness (QED) is 0.924. The summed E-state index contributed by atoms with van der Waals surface area (Å²) in [5, 5.41) is 4.08. The van der Waals surface area contributed by atoms with Gasteiger partial charge < -0.3 is 10.2 Å². The van der Waals surface area contributed by atoms with Crippen LogP contribution in [0, 0.1) is 0 Å². The lowest BCUT2D eigenvalue weighted by Crippen LogP contribution is -2.52. The number of hydrogen-bond donors (Lipinski definition) is 1. The Morgan fingerprint density at radius 2 is 2.10 bits per heavy atom. The second-order valence-electron chi connectivity index (χ2n) is 5.88. The van der Waals surface area contributed by atoms with Crippen LogP contribution in [0.5, 0.6) is 0 Å². The van der Waals surface area contributed by atoms with Gasteiger partial charge in [-0.25, -0.2) is 0 Å². The van der Waals surface area contributed by atoms with Crippen LogP contribution in [0.15, 0.2) is 24.3 Å². The molecule has 114 valence electrons. The smallest absolute Gasteiger partial charge is 0.239 e. The summed E-state index contributed by atoms with van der Waals surface area (Å²) in [5.41, 5.74) is 1.24. The minimum atomic E-state index is 0.0597. The molecule has 2 saturated heterocycles. The maximum atomic E-state index is 12.3. The van der Waals surface area contributed by atoms with Crippen LogP contribution < -0.4 is 5.32 Å². The first-order chi connectivity index (χ1) is 10.2. The van der Waals surface area contributed by atoms with Crippen molar-refractivity contribution in [1.29, 1.82) is 0 Å². The highest BCUT2D eigenvalue weighted by atomic mass is 35.5. The van der Waals surface area contributed by atoms with E-state index in [1.54, 1.807) is 0 Å². The van der Waals surface area contributed by atoms with Gasteiger partial charge in [-0.15, -0.1) is 0 Å².